The van der Waals surface area contributed by atoms with Crippen LogP contribution >= 0.6 is 0 Å². The predicted molar refractivity (Wildman–Crippen MR) is 74.2 cm³/mol. The molecule has 7 heteroatoms. The lowest BCUT2D eigenvalue weighted by atomic mass is 9.65. The molecule has 2 amide bonds. The van der Waals surface area contributed by atoms with Crippen molar-refractivity contribution in [2.75, 3.05) is 19.6 Å². The SMILES string of the molecule is O=C(NCC1(C2CC2)CCC1)N1CCC(O)(C(F)(F)F)CC1. The number of halogens is 3. The summed E-state index contributed by atoms with van der Waals surface area (Å²) in [5.41, 5.74) is -2.40. The van der Waals surface area contributed by atoms with E-state index in [2.05, 4.69) is 5.32 Å². The number of amides is 2. The molecule has 3 aliphatic rings. The van der Waals surface area contributed by atoms with Gasteiger partial charge in [0.15, 0.2) is 5.60 Å². The molecule has 0 unspecified atom stereocenters. The van der Waals surface area contributed by atoms with E-state index in [0.717, 1.165) is 18.8 Å². The number of carbonyl (C=O) groups excluding carboxylic acids is 1. The molecule has 0 aromatic heterocycles. The Hall–Kier alpha value is -0.980. The van der Waals surface area contributed by atoms with Gasteiger partial charge in [-0.1, -0.05) is 6.42 Å². The molecule has 2 saturated carbocycles. The first kappa shape index (κ1) is 15.9. The van der Waals surface area contributed by atoms with E-state index in [1.54, 1.807) is 0 Å². The minimum absolute atomic E-state index is 0.0573. The molecule has 1 heterocycles. The number of nitrogens with one attached hydrogen (secondary N) is 1. The van der Waals surface area contributed by atoms with Gasteiger partial charge in [0.05, 0.1) is 0 Å². The Morgan fingerprint density at radius 2 is 1.77 bits per heavy atom. The summed E-state index contributed by atoms with van der Waals surface area (Å²) in [5, 5.41) is 12.5. The first-order chi connectivity index (χ1) is 10.3. The molecule has 0 atom stereocenters. The van der Waals surface area contributed by atoms with Crippen molar-refractivity contribution in [3.63, 3.8) is 0 Å². The quantitative estimate of drug-likeness (QED) is 0.840. The van der Waals surface area contributed by atoms with E-state index in [1.807, 2.05) is 0 Å². The smallest absolute Gasteiger partial charge is 0.380 e. The van der Waals surface area contributed by atoms with Crippen molar-refractivity contribution in [1.29, 1.82) is 0 Å². The maximum atomic E-state index is 12.7. The lowest BCUT2D eigenvalue weighted by molar-refractivity contribution is -0.271. The fraction of sp³-hybridized carbons (Fsp3) is 0.933. The maximum Gasteiger partial charge on any atom is 0.417 e. The predicted octanol–water partition coefficient (Wildman–Crippen LogP) is 2.67. The van der Waals surface area contributed by atoms with Gasteiger partial charge in [-0.3, -0.25) is 0 Å². The Labute approximate surface area is 128 Å². The van der Waals surface area contributed by atoms with E-state index in [4.69, 9.17) is 0 Å². The van der Waals surface area contributed by atoms with E-state index >= 15 is 0 Å². The number of carbonyl (C=O) groups is 1. The van der Waals surface area contributed by atoms with Crippen LogP contribution in [0.3, 0.4) is 0 Å². The monoisotopic (exact) mass is 320 g/mol. The van der Waals surface area contributed by atoms with Crippen molar-refractivity contribution in [3.8, 4) is 0 Å². The molecule has 0 bridgehead atoms. The second kappa shape index (κ2) is 5.28. The topological polar surface area (TPSA) is 52.6 Å². The molecule has 4 nitrogen and oxygen atoms in total. The Morgan fingerprint density at radius 1 is 1.18 bits per heavy atom. The van der Waals surface area contributed by atoms with Gasteiger partial charge in [-0.05, 0) is 37.0 Å². The van der Waals surface area contributed by atoms with E-state index in [9.17, 15) is 23.1 Å². The first-order valence-electron chi connectivity index (χ1n) is 8.08. The third kappa shape index (κ3) is 2.79. The van der Waals surface area contributed by atoms with Gasteiger partial charge in [0.25, 0.3) is 0 Å². The number of hydrogen-bond acceptors (Lipinski definition) is 2. The molecule has 0 aromatic carbocycles. The van der Waals surface area contributed by atoms with Gasteiger partial charge >= 0.3 is 12.2 Å². The second-order valence-corrected chi connectivity index (χ2v) is 7.17. The summed E-state index contributed by atoms with van der Waals surface area (Å²) in [6.45, 7) is 0.521. The van der Waals surface area contributed by atoms with Crippen LogP contribution in [-0.4, -0.2) is 47.4 Å². The summed E-state index contributed by atoms with van der Waals surface area (Å²) in [6, 6.07) is -0.295. The van der Waals surface area contributed by atoms with Gasteiger partial charge in [0.1, 0.15) is 0 Å². The highest BCUT2D eigenvalue weighted by Crippen LogP contribution is 2.56. The Bertz CT molecular complexity index is 437. The van der Waals surface area contributed by atoms with Crippen molar-refractivity contribution < 1.29 is 23.1 Å². The average molecular weight is 320 g/mol. The minimum atomic E-state index is -4.63. The Balaban J connectivity index is 1.48. The molecule has 0 radical (unpaired) electrons. The number of likely N-dealkylation sites (tertiary alicyclic amines) is 1. The fourth-order valence-corrected chi connectivity index (χ4v) is 3.78. The summed E-state index contributed by atoms with van der Waals surface area (Å²) >= 11 is 0. The largest absolute Gasteiger partial charge is 0.417 e. The molecular formula is C15H23F3N2O2. The summed E-state index contributed by atoms with van der Waals surface area (Å²) in [7, 11) is 0. The number of piperidine rings is 1. The second-order valence-electron chi connectivity index (χ2n) is 7.17. The van der Waals surface area contributed by atoms with E-state index in [1.165, 1.54) is 24.2 Å². The van der Waals surface area contributed by atoms with Gasteiger partial charge in [-0.25, -0.2) is 4.79 Å². The number of aliphatic hydroxyl groups is 1. The molecule has 2 N–H and O–H groups in total. The first-order valence-corrected chi connectivity index (χ1v) is 8.08. The minimum Gasteiger partial charge on any atom is -0.380 e. The highest BCUT2D eigenvalue weighted by Gasteiger charge is 2.55. The summed E-state index contributed by atoms with van der Waals surface area (Å²) in [4.78, 5) is 13.5. The van der Waals surface area contributed by atoms with Crippen LogP contribution in [0, 0.1) is 11.3 Å². The third-order valence-corrected chi connectivity index (χ3v) is 5.79. The van der Waals surface area contributed by atoms with Gasteiger partial charge in [-0.15, -0.1) is 0 Å². The zero-order valence-electron chi connectivity index (χ0n) is 12.6. The summed E-state index contributed by atoms with van der Waals surface area (Å²) in [6.07, 6.45) is 0.440. The summed E-state index contributed by atoms with van der Waals surface area (Å²) in [5.74, 6) is 0.721. The average Bonchev–Trinajstić information content (AvgIpc) is 3.22. The van der Waals surface area contributed by atoms with E-state index < -0.39 is 24.6 Å². The lowest BCUT2D eigenvalue weighted by Gasteiger charge is -2.44. The molecule has 3 rings (SSSR count). The van der Waals surface area contributed by atoms with Crippen LogP contribution in [-0.2, 0) is 0 Å². The molecule has 0 spiro atoms. The number of nitrogens with zero attached hydrogens (tertiary/aromatic N) is 1. The zero-order chi connectivity index (χ0) is 16.0. The van der Waals surface area contributed by atoms with Crippen LogP contribution in [0.25, 0.3) is 0 Å². The molecule has 0 aromatic rings. The number of alkyl halides is 3. The van der Waals surface area contributed by atoms with Crippen LogP contribution in [0.5, 0.6) is 0 Å². The van der Waals surface area contributed by atoms with Crippen LogP contribution in [0.1, 0.15) is 44.9 Å². The normalized spacial score (nSPS) is 27.2. The number of rotatable bonds is 3. The van der Waals surface area contributed by atoms with Gasteiger partial charge in [0.2, 0.25) is 0 Å². The molecular weight excluding hydrogens is 297 g/mol. The van der Waals surface area contributed by atoms with E-state index in [-0.39, 0.29) is 24.5 Å². The van der Waals surface area contributed by atoms with Crippen molar-refractivity contribution in [3.05, 3.63) is 0 Å². The summed E-state index contributed by atoms with van der Waals surface area (Å²) < 4.78 is 38.2. The van der Waals surface area contributed by atoms with Crippen molar-refractivity contribution in [2.45, 2.75) is 56.7 Å². The van der Waals surface area contributed by atoms with Crippen LogP contribution in [0.4, 0.5) is 18.0 Å². The van der Waals surface area contributed by atoms with Gasteiger partial charge < -0.3 is 15.3 Å². The standard InChI is InChI=1S/C15H23F3N2O2/c16-15(17,18)14(22)6-8-20(9-7-14)12(21)19-10-13(4-1-5-13)11-2-3-11/h11,22H,1-10H2,(H,19,21). The maximum absolute atomic E-state index is 12.7. The molecule has 1 aliphatic heterocycles. The van der Waals surface area contributed by atoms with Crippen LogP contribution in [0.2, 0.25) is 0 Å². The molecule has 2 aliphatic carbocycles. The van der Waals surface area contributed by atoms with Crippen molar-refractivity contribution >= 4 is 6.03 Å². The lowest BCUT2D eigenvalue weighted by Crippen LogP contribution is -2.56. The van der Waals surface area contributed by atoms with E-state index in [0.29, 0.717) is 6.54 Å². The number of urea groups is 1. The molecule has 3 fully saturated rings. The zero-order valence-corrected chi connectivity index (χ0v) is 12.6. The van der Waals surface area contributed by atoms with Gasteiger partial charge in [0, 0.05) is 32.5 Å². The molecule has 1 saturated heterocycles. The van der Waals surface area contributed by atoms with Gasteiger partial charge in [-0.2, -0.15) is 13.2 Å². The highest BCUT2D eigenvalue weighted by atomic mass is 19.4. The van der Waals surface area contributed by atoms with Crippen LogP contribution < -0.4 is 5.32 Å². The fourth-order valence-electron chi connectivity index (χ4n) is 3.78. The highest BCUT2D eigenvalue weighted by molar-refractivity contribution is 5.74. The third-order valence-electron chi connectivity index (χ3n) is 5.79. The van der Waals surface area contributed by atoms with Crippen molar-refractivity contribution in [1.82, 2.24) is 10.2 Å². The van der Waals surface area contributed by atoms with Crippen LogP contribution in [0.15, 0.2) is 0 Å². The van der Waals surface area contributed by atoms with Crippen molar-refractivity contribution in [2.24, 2.45) is 11.3 Å². The molecule has 22 heavy (non-hydrogen) atoms. The Morgan fingerprint density at radius 3 is 2.18 bits per heavy atom. The number of hydrogen-bond donors (Lipinski definition) is 2. The Kier molecular flexibility index (Phi) is 3.82. The molecule has 126 valence electrons.